The molecule has 2 aromatic rings. The molecule has 1 saturated heterocycles. The average Bonchev–Trinajstić information content (AvgIpc) is 3.20. The fourth-order valence-corrected chi connectivity index (χ4v) is 4.26. The molecule has 1 atom stereocenters. The maximum atomic E-state index is 13.1. The number of rotatable bonds is 0. The molecular weight excluding hydrogens is 306 g/mol. The van der Waals surface area contributed by atoms with Crippen LogP contribution in [0, 0.1) is 0 Å². The number of amides is 1. The van der Waals surface area contributed by atoms with Gasteiger partial charge in [-0.2, -0.15) is 0 Å². The van der Waals surface area contributed by atoms with E-state index in [1.165, 1.54) is 24.0 Å². The molecule has 24 heavy (non-hydrogen) atoms. The summed E-state index contributed by atoms with van der Waals surface area (Å²) in [6.45, 7) is 1.52. The Bertz CT molecular complexity index is 989. The molecule has 2 aliphatic heterocycles. The zero-order valence-electron chi connectivity index (χ0n) is 12.7. The van der Waals surface area contributed by atoms with Gasteiger partial charge in [-0.05, 0) is 25.1 Å². The molecule has 3 aliphatic rings. The van der Waals surface area contributed by atoms with E-state index in [1.54, 1.807) is 36.4 Å². The molecule has 4 bridgehead atoms. The Balaban J connectivity index is 1.81. The van der Waals surface area contributed by atoms with Crippen LogP contribution in [-0.2, 0) is 0 Å². The number of benzene rings is 2. The van der Waals surface area contributed by atoms with Gasteiger partial charge in [0.1, 0.15) is 5.54 Å². The van der Waals surface area contributed by atoms with Gasteiger partial charge >= 0.3 is 0 Å². The second-order valence-electron chi connectivity index (χ2n) is 6.57. The molecule has 5 rings (SSSR count). The maximum Gasteiger partial charge on any atom is 0.256 e. The lowest BCUT2D eigenvalue weighted by Gasteiger charge is -2.22. The first-order valence-electron chi connectivity index (χ1n) is 7.63. The smallest absolute Gasteiger partial charge is 0.256 e. The number of ketones is 3. The van der Waals surface area contributed by atoms with Gasteiger partial charge in [-0.15, -0.1) is 0 Å². The van der Waals surface area contributed by atoms with Gasteiger partial charge < -0.3 is 0 Å². The lowest BCUT2D eigenvalue weighted by Crippen LogP contribution is -2.47. The molecule has 2 heterocycles. The molecule has 5 nitrogen and oxygen atoms in total. The summed E-state index contributed by atoms with van der Waals surface area (Å²) in [5.41, 5.74) is -1.85. The van der Waals surface area contributed by atoms with Crippen LogP contribution in [0.25, 0.3) is 0 Å². The van der Waals surface area contributed by atoms with E-state index < -0.39 is 28.6 Å². The molecule has 1 amide bonds. The minimum atomic E-state index is -1.74. The summed E-state index contributed by atoms with van der Waals surface area (Å²) in [6, 6.07) is 12.7. The van der Waals surface area contributed by atoms with E-state index in [0.717, 1.165) is 0 Å². The van der Waals surface area contributed by atoms with Crippen molar-refractivity contribution < 1.29 is 19.2 Å². The SMILES string of the molecule is CC12C(=O)c3cccc(c3)C(=O)N1C21C(=O)c2cccc(c2)C1=O. The van der Waals surface area contributed by atoms with Crippen molar-refractivity contribution in [1.82, 2.24) is 4.90 Å². The van der Waals surface area contributed by atoms with Gasteiger partial charge in [-0.25, -0.2) is 0 Å². The van der Waals surface area contributed by atoms with Gasteiger partial charge in [0.05, 0.1) is 0 Å². The number of hydrogen-bond donors (Lipinski definition) is 0. The lowest BCUT2D eigenvalue weighted by molar-refractivity contribution is 0.0719. The predicted molar refractivity (Wildman–Crippen MR) is 83.2 cm³/mol. The first-order valence-corrected chi connectivity index (χ1v) is 7.63. The van der Waals surface area contributed by atoms with Crippen molar-refractivity contribution in [2.24, 2.45) is 0 Å². The van der Waals surface area contributed by atoms with Crippen molar-refractivity contribution in [3.63, 3.8) is 0 Å². The molecule has 1 spiro atoms. The molecule has 116 valence electrons. The van der Waals surface area contributed by atoms with Crippen LogP contribution < -0.4 is 0 Å². The highest BCUT2D eigenvalue weighted by atomic mass is 16.2. The zero-order chi connectivity index (χ0) is 16.9. The van der Waals surface area contributed by atoms with Crippen molar-refractivity contribution in [2.75, 3.05) is 0 Å². The van der Waals surface area contributed by atoms with Gasteiger partial charge in [-0.1, -0.05) is 30.3 Å². The van der Waals surface area contributed by atoms with Crippen LogP contribution in [-0.4, -0.2) is 39.2 Å². The maximum absolute atomic E-state index is 13.1. The van der Waals surface area contributed by atoms with Crippen molar-refractivity contribution in [1.29, 1.82) is 0 Å². The van der Waals surface area contributed by atoms with Gasteiger partial charge in [0, 0.05) is 22.3 Å². The van der Waals surface area contributed by atoms with Crippen molar-refractivity contribution in [3.8, 4) is 0 Å². The Morgan fingerprint density at radius 1 is 0.708 bits per heavy atom. The number of hydrogen-bond acceptors (Lipinski definition) is 4. The predicted octanol–water partition coefficient (Wildman–Crippen LogP) is 1.92. The summed E-state index contributed by atoms with van der Waals surface area (Å²) in [5, 5.41) is 0. The summed E-state index contributed by atoms with van der Waals surface area (Å²) < 4.78 is 0. The van der Waals surface area contributed by atoms with Crippen molar-refractivity contribution in [3.05, 3.63) is 70.8 Å². The normalized spacial score (nSPS) is 25.6. The fraction of sp³-hybridized carbons (Fsp3) is 0.158. The molecule has 1 fully saturated rings. The highest BCUT2D eigenvalue weighted by molar-refractivity contribution is 6.38. The van der Waals surface area contributed by atoms with Gasteiger partial charge in [0.2, 0.25) is 5.54 Å². The molecular formula is C19H11NO4. The standard InChI is InChI=1S/C19H11NO4/c1-18-14(21)10-4-3-7-13(9-10)17(24)20(18)19(18)15(22)11-5-2-6-12(8-11)16(19)23/h2-9H,1H3. The van der Waals surface area contributed by atoms with Gasteiger partial charge in [0.15, 0.2) is 17.3 Å². The molecule has 1 unspecified atom stereocenters. The lowest BCUT2D eigenvalue weighted by atomic mass is 9.74. The fourth-order valence-electron chi connectivity index (χ4n) is 4.26. The monoisotopic (exact) mass is 317 g/mol. The Hall–Kier alpha value is -3.08. The summed E-state index contributed by atoms with van der Waals surface area (Å²) in [4.78, 5) is 53.2. The topological polar surface area (TPSA) is 71.3 Å². The number of Topliss-reactive ketones (excluding diaryl/α,β-unsaturated/α-hetero) is 3. The third-order valence-corrected chi connectivity index (χ3v) is 5.50. The Kier molecular flexibility index (Phi) is 2.06. The largest absolute Gasteiger partial charge is 0.300 e. The molecule has 0 saturated carbocycles. The molecule has 2 aromatic carbocycles. The highest BCUT2D eigenvalue weighted by Gasteiger charge is 2.86. The molecule has 1 aliphatic carbocycles. The Labute approximate surface area is 136 Å². The first-order chi connectivity index (χ1) is 11.4. The van der Waals surface area contributed by atoms with E-state index in [0.29, 0.717) is 22.3 Å². The molecule has 0 N–H and O–H groups in total. The van der Waals surface area contributed by atoms with Crippen LogP contribution in [0.15, 0.2) is 48.5 Å². The quantitative estimate of drug-likeness (QED) is 0.550. The van der Waals surface area contributed by atoms with Crippen LogP contribution in [0.2, 0.25) is 0 Å². The van der Waals surface area contributed by atoms with E-state index >= 15 is 0 Å². The van der Waals surface area contributed by atoms with Crippen LogP contribution in [0.3, 0.4) is 0 Å². The van der Waals surface area contributed by atoms with E-state index in [1.807, 2.05) is 0 Å². The highest BCUT2D eigenvalue weighted by Crippen LogP contribution is 2.59. The van der Waals surface area contributed by atoms with Crippen molar-refractivity contribution in [2.45, 2.75) is 18.0 Å². The summed E-state index contributed by atoms with van der Waals surface area (Å²) in [6.07, 6.45) is 0. The van der Waals surface area contributed by atoms with E-state index in [2.05, 4.69) is 0 Å². The van der Waals surface area contributed by atoms with Crippen LogP contribution in [0.5, 0.6) is 0 Å². The Morgan fingerprint density at radius 2 is 1.17 bits per heavy atom. The minimum absolute atomic E-state index is 0.316. The second kappa shape index (κ2) is 3.70. The summed E-state index contributed by atoms with van der Waals surface area (Å²) >= 11 is 0. The number of fused-ring (bicyclic) bond motifs is 7. The third kappa shape index (κ3) is 1.11. The average molecular weight is 317 g/mol. The second-order valence-corrected chi connectivity index (χ2v) is 6.57. The van der Waals surface area contributed by atoms with Crippen LogP contribution >= 0.6 is 0 Å². The minimum Gasteiger partial charge on any atom is -0.300 e. The van der Waals surface area contributed by atoms with Crippen molar-refractivity contribution >= 4 is 23.3 Å². The number of nitrogens with zero attached hydrogens (tertiary/aromatic N) is 1. The van der Waals surface area contributed by atoms with Gasteiger partial charge in [-0.3, -0.25) is 24.1 Å². The molecule has 5 heteroatoms. The Morgan fingerprint density at radius 3 is 1.75 bits per heavy atom. The summed E-state index contributed by atoms with van der Waals surface area (Å²) in [5.74, 6) is -1.79. The number of carbonyl (C=O) groups is 4. The first kappa shape index (κ1) is 13.4. The third-order valence-electron chi connectivity index (χ3n) is 5.50. The van der Waals surface area contributed by atoms with Crippen LogP contribution in [0.4, 0.5) is 0 Å². The van der Waals surface area contributed by atoms with E-state index in [-0.39, 0.29) is 5.78 Å². The van der Waals surface area contributed by atoms with Gasteiger partial charge in [0.25, 0.3) is 5.91 Å². The zero-order valence-corrected chi connectivity index (χ0v) is 12.7. The molecule has 0 aromatic heterocycles. The summed E-state index contributed by atoms with van der Waals surface area (Å²) in [7, 11) is 0. The van der Waals surface area contributed by atoms with E-state index in [4.69, 9.17) is 0 Å². The van der Waals surface area contributed by atoms with Crippen LogP contribution in [0.1, 0.15) is 48.4 Å². The number of carbonyl (C=O) groups excluding carboxylic acids is 4. The molecule has 0 radical (unpaired) electrons. The van der Waals surface area contributed by atoms with E-state index in [9.17, 15) is 19.2 Å².